The maximum atomic E-state index is 12.7. The van der Waals surface area contributed by atoms with E-state index in [9.17, 15) is 13.2 Å². The molecule has 0 atom stereocenters. The van der Waals surface area contributed by atoms with Crippen LogP contribution in [0.4, 0.5) is 0 Å². The van der Waals surface area contributed by atoms with E-state index in [2.05, 4.69) is 10.3 Å². The topological polar surface area (TPSA) is 115 Å². The van der Waals surface area contributed by atoms with Crippen molar-refractivity contribution in [3.63, 3.8) is 0 Å². The quantitative estimate of drug-likeness (QED) is 0.412. The van der Waals surface area contributed by atoms with Gasteiger partial charge in [-0.05, 0) is 41.5 Å². The van der Waals surface area contributed by atoms with Gasteiger partial charge in [0.1, 0.15) is 5.52 Å². The number of carbonyl (C=O) groups is 1. The van der Waals surface area contributed by atoms with Crippen molar-refractivity contribution in [1.29, 1.82) is 0 Å². The van der Waals surface area contributed by atoms with Crippen molar-refractivity contribution in [2.45, 2.75) is 22.4 Å². The number of nitrogens with two attached hydrogens (primary N) is 1. The highest BCUT2D eigenvalue weighted by molar-refractivity contribution is 7.98. The fraction of sp³-hybridized carbons (Fsp3) is 0.0909. The summed E-state index contributed by atoms with van der Waals surface area (Å²) in [5.41, 5.74) is 3.71. The Morgan fingerprint density at radius 2 is 1.71 bits per heavy atom. The van der Waals surface area contributed by atoms with E-state index in [4.69, 9.17) is 9.56 Å². The number of aromatic nitrogens is 1. The normalized spacial score (nSPS) is 11.5. The maximum Gasteiger partial charge on any atom is 0.257 e. The number of hydrogen-bond donors (Lipinski definition) is 2. The molecule has 0 aliphatic carbocycles. The number of hydrogen-bond acceptors (Lipinski definition) is 6. The van der Waals surface area contributed by atoms with Crippen molar-refractivity contribution in [3.05, 3.63) is 89.5 Å². The summed E-state index contributed by atoms with van der Waals surface area (Å²) < 4.78 is 28.4. The highest BCUT2D eigenvalue weighted by Crippen LogP contribution is 2.27. The summed E-state index contributed by atoms with van der Waals surface area (Å²) >= 11 is 1.42. The van der Waals surface area contributed by atoms with Gasteiger partial charge in [-0.25, -0.2) is 18.5 Å². The number of amides is 1. The molecule has 7 nitrogen and oxygen atoms in total. The fourth-order valence-electron chi connectivity index (χ4n) is 2.99. The molecule has 158 valence electrons. The smallest absolute Gasteiger partial charge is 0.257 e. The molecule has 31 heavy (non-hydrogen) atoms. The van der Waals surface area contributed by atoms with Gasteiger partial charge in [0.05, 0.1) is 4.90 Å². The Bertz CT molecular complexity index is 1300. The summed E-state index contributed by atoms with van der Waals surface area (Å²) in [6.45, 7) is 0.260. The summed E-state index contributed by atoms with van der Waals surface area (Å²) in [6, 6.07) is 21.0. The molecular weight excluding hydrogens is 434 g/mol. The Morgan fingerprint density at radius 3 is 2.45 bits per heavy atom. The zero-order valence-corrected chi connectivity index (χ0v) is 17.9. The van der Waals surface area contributed by atoms with Crippen LogP contribution in [0, 0.1) is 0 Å². The number of sulfonamides is 1. The van der Waals surface area contributed by atoms with Crippen molar-refractivity contribution < 1.29 is 17.6 Å². The van der Waals surface area contributed by atoms with Gasteiger partial charge in [-0.1, -0.05) is 54.2 Å². The first-order valence-electron chi connectivity index (χ1n) is 9.36. The third kappa shape index (κ3) is 5.13. The number of para-hydroxylation sites is 2. The summed E-state index contributed by atoms with van der Waals surface area (Å²) in [5, 5.41) is 8.52. The van der Waals surface area contributed by atoms with Crippen LogP contribution in [-0.4, -0.2) is 19.3 Å². The molecule has 0 saturated heterocycles. The van der Waals surface area contributed by atoms with E-state index in [0.717, 1.165) is 22.2 Å². The Kier molecular flexibility index (Phi) is 6.08. The number of rotatable bonds is 7. The predicted molar refractivity (Wildman–Crippen MR) is 119 cm³/mol. The van der Waals surface area contributed by atoms with Crippen LogP contribution >= 0.6 is 11.8 Å². The molecule has 0 unspecified atom stereocenters. The van der Waals surface area contributed by atoms with Crippen molar-refractivity contribution in [1.82, 2.24) is 10.3 Å². The third-order valence-electron chi connectivity index (χ3n) is 4.59. The van der Waals surface area contributed by atoms with Crippen LogP contribution in [0.1, 0.15) is 21.5 Å². The van der Waals surface area contributed by atoms with Gasteiger partial charge in [-0.2, -0.15) is 0 Å². The molecule has 0 radical (unpaired) electrons. The van der Waals surface area contributed by atoms with Gasteiger partial charge < -0.3 is 9.73 Å². The van der Waals surface area contributed by atoms with Crippen molar-refractivity contribution in [3.8, 4) is 0 Å². The van der Waals surface area contributed by atoms with Gasteiger partial charge in [0.2, 0.25) is 10.0 Å². The number of thioether (sulfide) groups is 1. The number of nitrogens with zero attached hydrogens (tertiary/aromatic N) is 1. The lowest BCUT2D eigenvalue weighted by atomic mass is 10.1. The molecule has 0 aliphatic rings. The number of benzene rings is 3. The first kappa shape index (κ1) is 21.1. The fourth-order valence-corrected chi connectivity index (χ4v) is 4.35. The van der Waals surface area contributed by atoms with Gasteiger partial charge >= 0.3 is 0 Å². The van der Waals surface area contributed by atoms with Crippen molar-refractivity contribution in [2.24, 2.45) is 5.14 Å². The minimum atomic E-state index is -3.74. The van der Waals surface area contributed by atoms with Gasteiger partial charge in [-0.15, -0.1) is 0 Å². The second-order valence-corrected chi connectivity index (χ2v) is 9.25. The molecule has 4 aromatic rings. The van der Waals surface area contributed by atoms with Crippen molar-refractivity contribution in [2.75, 3.05) is 0 Å². The molecule has 3 N–H and O–H groups in total. The molecule has 0 fully saturated rings. The average molecular weight is 454 g/mol. The highest BCUT2D eigenvalue weighted by atomic mass is 32.2. The number of nitrogens with one attached hydrogen (secondary N) is 1. The molecule has 0 spiro atoms. The molecule has 1 heterocycles. The Labute approximate surface area is 183 Å². The number of carbonyl (C=O) groups excluding carboxylic acids is 1. The third-order valence-corrected chi connectivity index (χ3v) is 6.40. The molecule has 9 heteroatoms. The van der Waals surface area contributed by atoms with Crippen LogP contribution in [0.15, 0.2) is 87.3 Å². The van der Waals surface area contributed by atoms with Gasteiger partial charge in [0.25, 0.3) is 11.1 Å². The van der Waals surface area contributed by atoms with Crippen LogP contribution in [0.25, 0.3) is 11.1 Å². The zero-order valence-electron chi connectivity index (χ0n) is 16.3. The van der Waals surface area contributed by atoms with E-state index < -0.39 is 10.0 Å². The lowest BCUT2D eigenvalue weighted by Gasteiger charge is -2.10. The molecule has 1 aromatic heterocycles. The van der Waals surface area contributed by atoms with E-state index in [1.54, 1.807) is 18.2 Å². The molecule has 1 amide bonds. The lowest BCUT2D eigenvalue weighted by molar-refractivity contribution is 0.0950. The van der Waals surface area contributed by atoms with E-state index in [1.165, 1.54) is 23.9 Å². The standard InChI is InChI=1S/C22H19N3O4S2/c23-31(27,28)17-11-9-15(10-12-17)13-24-21(26)18-6-2-1-5-16(18)14-30-22-25-19-7-3-4-8-20(19)29-22/h1-12H,13-14H2,(H,24,26)(H2,23,27,28). The maximum absolute atomic E-state index is 12.7. The minimum Gasteiger partial charge on any atom is -0.431 e. The van der Waals surface area contributed by atoms with Crippen LogP contribution < -0.4 is 10.5 Å². The molecule has 0 aliphatic heterocycles. The predicted octanol–water partition coefficient (Wildman–Crippen LogP) is 3.70. The Morgan fingerprint density at radius 1 is 1.00 bits per heavy atom. The number of primary sulfonamides is 1. The molecule has 0 saturated carbocycles. The van der Waals surface area contributed by atoms with E-state index in [0.29, 0.717) is 16.5 Å². The average Bonchev–Trinajstić information content (AvgIpc) is 3.19. The summed E-state index contributed by atoms with van der Waals surface area (Å²) in [4.78, 5) is 17.2. The summed E-state index contributed by atoms with van der Waals surface area (Å²) in [6.07, 6.45) is 0. The van der Waals surface area contributed by atoms with E-state index >= 15 is 0 Å². The SMILES string of the molecule is NS(=O)(=O)c1ccc(CNC(=O)c2ccccc2CSc2nc3ccccc3o2)cc1. The lowest BCUT2D eigenvalue weighted by Crippen LogP contribution is -2.24. The van der Waals surface area contributed by atoms with Crippen LogP contribution in [-0.2, 0) is 22.3 Å². The van der Waals surface area contributed by atoms with Gasteiger partial charge in [-0.3, -0.25) is 4.79 Å². The summed E-state index contributed by atoms with van der Waals surface area (Å²) in [7, 11) is -3.74. The molecular formula is C22H19N3O4S2. The van der Waals surface area contributed by atoms with E-state index in [1.807, 2.05) is 42.5 Å². The van der Waals surface area contributed by atoms with Crippen LogP contribution in [0.3, 0.4) is 0 Å². The van der Waals surface area contributed by atoms with E-state index in [-0.39, 0.29) is 17.3 Å². The molecule has 4 rings (SSSR count). The van der Waals surface area contributed by atoms with Crippen LogP contribution in [0.5, 0.6) is 0 Å². The number of fused-ring (bicyclic) bond motifs is 1. The zero-order chi connectivity index (χ0) is 21.8. The molecule has 0 bridgehead atoms. The first-order valence-corrected chi connectivity index (χ1v) is 11.9. The van der Waals surface area contributed by atoms with Gasteiger partial charge in [0, 0.05) is 17.9 Å². The second kappa shape index (κ2) is 8.93. The first-order chi connectivity index (χ1) is 14.9. The second-order valence-electron chi connectivity index (χ2n) is 6.76. The Hall–Kier alpha value is -3.14. The van der Waals surface area contributed by atoms with Crippen molar-refractivity contribution >= 4 is 38.8 Å². The number of oxazole rings is 1. The summed E-state index contributed by atoms with van der Waals surface area (Å²) in [5.74, 6) is 0.309. The highest BCUT2D eigenvalue weighted by Gasteiger charge is 2.13. The van der Waals surface area contributed by atoms with Crippen LogP contribution in [0.2, 0.25) is 0 Å². The largest absolute Gasteiger partial charge is 0.431 e. The monoisotopic (exact) mass is 453 g/mol. The minimum absolute atomic E-state index is 0.0316. The molecule has 3 aromatic carbocycles. The van der Waals surface area contributed by atoms with Gasteiger partial charge in [0.15, 0.2) is 5.58 Å². The Balaban J connectivity index is 1.41.